The van der Waals surface area contributed by atoms with Crippen LogP contribution in [0.5, 0.6) is 0 Å². The number of rotatable bonds is 3. The molecule has 0 amide bonds. The van der Waals surface area contributed by atoms with Gasteiger partial charge in [0.2, 0.25) is 0 Å². The average Bonchev–Trinajstić information content (AvgIpc) is 3.07. The van der Waals surface area contributed by atoms with E-state index in [1.54, 1.807) is 0 Å². The van der Waals surface area contributed by atoms with Crippen molar-refractivity contribution >= 4 is 51.5 Å². The maximum absolute atomic E-state index is 2.65. The fraction of sp³-hybridized carbons (Fsp3) is 0.100. The molecule has 3 aliphatic rings. The minimum absolute atomic E-state index is 0.179. The van der Waals surface area contributed by atoms with E-state index >= 15 is 0 Å². The van der Waals surface area contributed by atoms with Crippen molar-refractivity contribution in [3.63, 3.8) is 0 Å². The van der Waals surface area contributed by atoms with Crippen LogP contribution < -0.4 is 26.2 Å². The number of aryl methyl sites for hydroxylation is 1. The molecule has 0 bridgehead atoms. The monoisotopic (exact) mass is 550 g/mol. The number of hydrogen-bond acceptors (Lipinski definition) is 2. The van der Waals surface area contributed by atoms with Gasteiger partial charge in [-0.1, -0.05) is 103 Å². The number of nitrogens with zero attached hydrogens (tertiary/aromatic N) is 2. The first kappa shape index (κ1) is 24.6. The summed E-state index contributed by atoms with van der Waals surface area (Å²) in [6.07, 6.45) is 2.27. The Labute approximate surface area is 254 Å². The van der Waals surface area contributed by atoms with E-state index in [0.29, 0.717) is 0 Å². The smallest absolute Gasteiger partial charge is 0.252 e. The summed E-state index contributed by atoms with van der Waals surface area (Å²) in [6.45, 7) is 3.48. The van der Waals surface area contributed by atoms with Crippen molar-refractivity contribution < 1.29 is 0 Å². The molecule has 0 fully saturated rings. The van der Waals surface area contributed by atoms with Gasteiger partial charge in [0.1, 0.15) is 0 Å². The van der Waals surface area contributed by atoms with E-state index in [9.17, 15) is 0 Å². The Balaban J connectivity index is 1.35. The van der Waals surface area contributed by atoms with Gasteiger partial charge >= 0.3 is 0 Å². The van der Waals surface area contributed by atoms with Crippen LogP contribution in [0.1, 0.15) is 17.5 Å². The van der Waals surface area contributed by atoms with Crippen LogP contribution in [-0.2, 0) is 6.42 Å². The fourth-order valence-electron chi connectivity index (χ4n) is 7.83. The van der Waals surface area contributed by atoms with Crippen molar-refractivity contribution in [1.82, 2.24) is 0 Å². The molecule has 9 rings (SSSR count). The van der Waals surface area contributed by atoms with Gasteiger partial charge in [-0.2, -0.15) is 0 Å². The van der Waals surface area contributed by atoms with Crippen molar-refractivity contribution in [3.8, 4) is 22.3 Å². The fourth-order valence-corrected chi connectivity index (χ4v) is 7.83. The largest absolute Gasteiger partial charge is 0.342 e. The quantitative estimate of drug-likeness (QED) is 0.206. The summed E-state index contributed by atoms with van der Waals surface area (Å²) in [6, 6.07) is 49.5. The molecule has 3 heterocycles. The predicted octanol–water partition coefficient (Wildman–Crippen LogP) is 8.03. The van der Waals surface area contributed by atoms with E-state index in [2.05, 4.69) is 150 Å². The van der Waals surface area contributed by atoms with Crippen LogP contribution in [0.15, 0.2) is 133 Å². The summed E-state index contributed by atoms with van der Waals surface area (Å²) in [5.74, 6) is 0. The Morgan fingerprint density at radius 3 is 2.02 bits per heavy atom. The van der Waals surface area contributed by atoms with Crippen LogP contribution in [0.25, 0.3) is 22.3 Å². The van der Waals surface area contributed by atoms with E-state index in [4.69, 9.17) is 0 Å². The summed E-state index contributed by atoms with van der Waals surface area (Å²) in [4.78, 5) is 5.16. The SMILES string of the molecule is Cc1cc2c3c(c1)N(c1ccccc1)c1cc(-c4ccccc4)ccc1B3c1ccc(-c3ccccc3)c3c1N2CCC3. The maximum Gasteiger partial charge on any atom is 0.252 e. The van der Waals surface area contributed by atoms with Crippen LogP contribution in [0, 0.1) is 6.92 Å². The van der Waals surface area contributed by atoms with Gasteiger partial charge < -0.3 is 9.80 Å². The highest BCUT2D eigenvalue weighted by Crippen LogP contribution is 2.46. The zero-order valence-electron chi connectivity index (χ0n) is 24.3. The van der Waals surface area contributed by atoms with Crippen molar-refractivity contribution in [2.24, 2.45) is 0 Å². The van der Waals surface area contributed by atoms with Crippen LogP contribution in [0.2, 0.25) is 0 Å². The zero-order valence-corrected chi connectivity index (χ0v) is 24.3. The second-order valence-corrected chi connectivity index (χ2v) is 12.1. The number of anilines is 5. The second kappa shape index (κ2) is 9.50. The zero-order chi connectivity index (χ0) is 28.5. The van der Waals surface area contributed by atoms with Gasteiger partial charge in [0.15, 0.2) is 0 Å². The Hall–Kier alpha value is -5.02. The summed E-state index contributed by atoms with van der Waals surface area (Å²) < 4.78 is 0. The molecule has 0 atom stereocenters. The second-order valence-electron chi connectivity index (χ2n) is 12.1. The number of hydrogen-bond donors (Lipinski definition) is 0. The summed E-state index contributed by atoms with van der Waals surface area (Å²) in [7, 11) is 0. The third-order valence-electron chi connectivity index (χ3n) is 9.59. The Morgan fingerprint density at radius 1 is 0.581 bits per heavy atom. The lowest BCUT2D eigenvalue weighted by Gasteiger charge is -2.46. The van der Waals surface area contributed by atoms with E-state index < -0.39 is 0 Å². The molecular weight excluding hydrogens is 519 g/mol. The number of fused-ring (bicyclic) bond motifs is 4. The molecule has 0 radical (unpaired) electrons. The first-order valence-corrected chi connectivity index (χ1v) is 15.4. The van der Waals surface area contributed by atoms with Crippen LogP contribution in [-0.4, -0.2) is 13.3 Å². The molecule has 6 aromatic carbocycles. The van der Waals surface area contributed by atoms with Crippen LogP contribution in [0.4, 0.5) is 28.4 Å². The lowest BCUT2D eigenvalue weighted by atomic mass is 9.33. The molecule has 43 heavy (non-hydrogen) atoms. The Bertz CT molecular complexity index is 2020. The van der Waals surface area contributed by atoms with Crippen LogP contribution in [0.3, 0.4) is 0 Å². The Kier molecular flexibility index (Phi) is 5.43. The van der Waals surface area contributed by atoms with Crippen molar-refractivity contribution in [2.75, 3.05) is 16.3 Å². The first-order chi connectivity index (χ1) is 21.3. The van der Waals surface area contributed by atoms with E-state index in [1.807, 2.05) is 0 Å². The van der Waals surface area contributed by atoms with Crippen LogP contribution >= 0.6 is 0 Å². The molecule has 3 aliphatic heterocycles. The number of benzene rings is 6. The first-order valence-electron chi connectivity index (χ1n) is 15.4. The third-order valence-corrected chi connectivity index (χ3v) is 9.59. The Morgan fingerprint density at radius 2 is 1.26 bits per heavy atom. The molecule has 2 nitrogen and oxygen atoms in total. The van der Waals surface area contributed by atoms with E-state index in [-0.39, 0.29) is 6.71 Å². The van der Waals surface area contributed by atoms with Gasteiger partial charge in [-0.3, -0.25) is 0 Å². The van der Waals surface area contributed by atoms with Gasteiger partial charge in [-0.25, -0.2) is 0 Å². The summed E-state index contributed by atoms with van der Waals surface area (Å²) in [5, 5.41) is 0. The molecule has 0 aliphatic carbocycles. The number of para-hydroxylation sites is 1. The average molecular weight is 551 g/mol. The standard InChI is InChI=1S/C40H31BN2/c1-27-24-37-39-38(25-27)43(31-16-9-4-10-17-31)36-26-30(28-12-5-2-6-13-28)19-21-34(36)41(39)35-22-20-32(29-14-7-3-8-15-29)33-18-11-23-42(37)40(33)35/h2-10,12-17,19-22,24-26H,11,18,23H2,1H3. The lowest BCUT2D eigenvalue weighted by molar-refractivity contribution is 0.770. The minimum Gasteiger partial charge on any atom is -0.342 e. The maximum atomic E-state index is 2.65. The summed E-state index contributed by atoms with van der Waals surface area (Å²) >= 11 is 0. The molecule has 0 aromatic heterocycles. The summed E-state index contributed by atoms with van der Waals surface area (Å²) in [5.41, 5.74) is 18.8. The highest BCUT2D eigenvalue weighted by molar-refractivity contribution is 7.00. The van der Waals surface area contributed by atoms with Crippen molar-refractivity contribution in [2.45, 2.75) is 19.8 Å². The van der Waals surface area contributed by atoms with E-state index in [0.717, 1.165) is 19.4 Å². The molecular formula is C40H31BN2. The van der Waals surface area contributed by atoms with Crippen molar-refractivity contribution in [1.29, 1.82) is 0 Å². The predicted molar refractivity (Wildman–Crippen MR) is 183 cm³/mol. The molecule has 0 spiro atoms. The third kappa shape index (κ3) is 3.68. The molecule has 0 saturated heterocycles. The molecule has 3 heteroatoms. The lowest BCUT2D eigenvalue weighted by Crippen LogP contribution is -2.62. The highest BCUT2D eigenvalue weighted by atomic mass is 15.2. The van der Waals surface area contributed by atoms with Gasteiger partial charge in [0.25, 0.3) is 6.71 Å². The normalized spacial score (nSPS) is 14.2. The molecule has 0 N–H and O–H groups in total. The highest BCUT2D eigenvalue weighted by Gasteiger charge is 2.44. The minimum atomic E-state index is 0.179. The topological polar surface area (TPSA) is 6.48 Å². The van der Waals surface area contributed by atoms with E-state index in [1.165, 1.54) is 78.2 Å². The van der Waals surface area contributed by atoms with Gasteiger partial charge in [-0.15, -0.1) is 0 Å². The van der Waals surface area contributed by atoms with Gasteiger partial charge in [-0.05, 0) is 99.9 Å². The molecule has 0 saturated carbocycles. The van der Waals surface area contributed by atoms with Gasteiger partial charge in [0, 0.05) is 35.0 Å². The molecule has 6 aromatic rings. The molecule has 204 valence electrons. The van der Waals surface area contributed by atoms with Gasteiger partial charge in [0.05, 0.1) is 0 Å². The molecule has 0 unspecified atom stereocenters. The van der Waals surface area contributed by atoms with Crippen molar-refractivity contribution in [3.05, 3.63) is 145 Å².